The first kappa shape index (κ1) is 15.3. The van der Waals surface area contributed by atoms with Crippen molar-refractivity contribution in [2.24, 2.45) is 0 Å². The number of amides is 1. The van der Waals surface area contributed by atoms with E-state index in [4.69, 9.17) is 9.68 Å². The number of nitrogens with one attached hydrogen (secondary N) is 2. The van der Waals surface area contributed by atoms with Crippen LogP contribution in [-0.4, -0.2) is 10.9 Å². The highest BCUT2D eigenvalue weighted by molar-refractivity contribution is 6.02. The summed E-state index contributed by atoms with van der Waals surface area (Å²) in [6.45, 7) is 0.611. The fourth-order valence-corrected chi connectivity index (χ4v) is 2.08. The molecule has 0 spiro atoms. The normalized spacial score (nSPS) is 9.96. The molecular formula is C18H14N4O2. The molecule has 0 aliphatic carbocycles. The van der Waals surface area contributed by atoms with Gasteiger partial charge in [0, 0.05) is 12.2 Å². The Morgan fingerprint density at radius 3 is 2.54 bits per heavy atom. The molecule has 6 heteroatoms. The van der Waals surface area contributed by atoms with Gasteiger partial charge in [0.25, 0.3) is 5.91 Å². The molecule has 0 fully saturated rings. The van der Waals surface area contributed by atoms with Crippen LogP contribution in [0.5, 0.6) is 0 Å². The van der Waals surface area contributed by atoms with Crippen LogP contribution in [0, 0.1) is 11.3 Å². The molecule has 0 aliphatic heterocycles. The Labute approximate surface area is 138 Å². The molecule has 0 saturated carbocycles. The van der Waals surface area contributed by atoms with Crippen molar-refractivity contribution in [2.45, 2.75) is 6.54 Å². The lowest BCUT2D eigenvalue weighted by Gasteiger charge is -2.08. The van der Waals surface area contributed by atoms with Crippen molar-refractivity contribution in [2.75, 3.05) is 10.6 Å². The van der Waals surface area contributed by atoms with E-state index in [1.54, 1.807) is 24.4 Å². The zero-order chi connectivity index (χ0) is 16.8. The second-order valence-corrected chi connectivity index (χ2v) is 5.03. The molecule has 1 aromatic carbocycles. The molecule has 0 unspecified atom stereocenters. The molecule has 2 N–H and O–H groups in total. The first-order valence-corrected chi connectivity index (χ1v) is 7.28. The van der Waals surface area contributed by atoms with Gasteiger partial charge in [-0.2, -0.15) is 5.26 Å². The van der Waals surface area contributed by atoms with E-state index in [1.165, 1.54) is 6.26 Å². The van der Waals surface area contributed by atoms with Crippen molar-refractivity contribution in [3.63, 3.8) is 0 Å². The van der Waals surface area contributed by atoms with Crippen LogP contribution in [0.1, 0.15) is 21.8 Å². The molecule has 0 radical (unpaired) electrons. The van der Waals surface area contributed by atoms with Gasteiger partial charge >= 0.3 is 0 Å². The van der Waals surface area contributed by atoms with Gasteiger partial charge in [0.15, 0.2) is 5.76 Å². The quantitative estimate of drug-likeness (QED) is 0.752. The minimum atomic E-state index is -0.283. The predicted molar refractivity (Wildman–Crippen MR) is 89.4 cm³/mol. The minimum Gasteiger partial charge on any atom is -0.459 e. The van der Waals surface area contributed by atoms with E-state index in [2.05, 4.69) is 15.6 Å². The maximum Gasteiger partial charge on any atom is 0.291 e. The summed E-state index contributed by atoms with van der Waals surface area (Å²) in [4.78, 5) is 15.9. The van der Waals surface area contributed by atoms with Crippen LogP contribution in [0.4, 0.5) is 11.4 Å². The first-order chi connectivity index (χ1) is 11.7. The van der Waals surface area contributed by atoms with Gasteiger partial charge < -0.3 is 15.1 Å². The van der Waals surface area contributed by atoms with E-state index >= 15 is 0 Å². The van der Waals surface area contributed by atoms with Gasteiger partial charge in [-0.05, 0) is 42.0 Å². The third-order valence-electron chi connectivity index (χ3n) is 3.33. The number of carbonyl (C=O) groups is 1. The molecule has 0 atom stereocenters. The van der Waals surface area contributed by atoms with Crippen LogP contribution in [-0.2, 0) is 6.54 Å². The third-order valence-corrected chi connectivity index (χ3v) is 3.33. The number of rotatable bonds is 5. The summed E-state index contributed by atoms with van der Waals surface area (Å²) < 4.78 is 5.05. The number of anilines is 2. The van der Waals surface area contributed by atoms with Crippen molar-refractivity contribution < 1.29 is 9.21 Å². The second-order valence-electron chi connectivity index (χ2n) is 5.03. The van der Waals surface area contributed by atoms with Crippen LogP contribution in [0.2, 0.25) is 0 Å². The van der Waals surface area contributed by atoms with Gasteiger partial charge in [0.2, 0.25) is 0 Å². The van der Waals surface area contributed by atoms with E-state index < -0.39 is 0 Å². The SMILES string of the molecule is N#Cc1ccc(NCc2ccc(NC(=O)c3ccco3)cc2)cn1. The lowest BCUT2D eigenvalue weighted by atomic mass is 10.2. The summed E-state index contributed by atoms with van der Waals surface area (Å²) in [6, 6.07) is 16.2. The van der Waals surface area contributed by atoms with Crippen LogP contribution in [0.15, 0.2) is 65.4 Å². The molecule has 3 aromatic rings. The highest BCUT2D eigenvalue weighted by Crippen LogP contribution is 2.13. The number of nitriles is 1. The third kappa shape index (κ3) is 3.78. The average molecular weight is 318 g/mol. The number of benzene rings is 1. The number of hydrogen-bond donors (Lipinski definition) is 2. The highest BCUT2D eigenvalue weighted by atomic mass is 16.3. The number of pyridine rings is 1. The maximum atomic E-state index is 11.9. The molecule has 2 heterocycles. The molecule has 1 amide bonds. The van der Waals surface area contributed by atoms with E-state index in [9.17, 15) is 4.79 Å². The van der Waals surface area contributed by atoms with Gasteiger partial charge in [-0.1, -0.05) is 12.1 Å². The molecule has 118 valence electrons. The summed E-state index contributed by atoms with van der Waals surface area (Å²) in [5.74, 6) is -0.0106. The van der Waals surface area contributed by atoms with Gasteiger partial charge in [-0.25, -0.2) is 4.98 Å². The van der Waals surface area contributed by atoms with Gasteiger partial charge in [0.05, 0.1) is 18.1 Å². The Kier molecular flexibility index (Phi) is 4.54. The summed E-state index contributed by atoms with van der Waals surface area (Å²) in [5, 5.41) is 14.7. The van der Waals surface area contributed by atoms with Crippen molar-refractivity contribution in [3.8, 4) is 6.07 Å². The number of carbonyl (C=O) groups excluding carboxylic acids is 1. The van der Waals surface area contributed by atoms with Crippen LogP contribution < -0.4 is 10.6 Å². The number of nitrogens with zero attached hydrogens (tertiary/aromatic N) is 2. The Morgan fingerprint density at radius 2 is 1.92 bits per heavy atom. The van der Waals surface area contributed by atoms with Crippen molar-refractivity contribution in [3.05, 3.63) is 78.0 Å². The number of furan rings is 1. The van der Waals surface area contributed by atoms with Crippen LogP contribution in [0.3, 0.4) is 0 Å². The van der Waals surface area contributed by atoms with Crippen LogP contribution in [0.25, 0.3) is 0 Å². The fourth-order valence-electron chi connectivity index (χ4n) is 2.08. The molecular weight excluding hydrogens is 304 g/mol. The first-order valence-electron chi connectivity index (χ1n) is 7.28. The maximum absolute atomic E-state index is 11.9. The summed E-state index contributed by atoms with van der Waals surface area (Å²) in [7, 11) is 0. The summed E-state index contributed by atoms with van der Waals surface area (Å²) in [6.07, 6.45) is 3.08. The fraction of sp³-hybridized carbons (Fsp3) is 0.0556. The monoisotopic (exact) mass is 318 g/mol. The summed E-state index contributed by atoms with van der Waals surface area (Å²) in [5.41, 5.74) is 2.97. The van der Waals surface area contributed by atoms with Crippen molar-refractivity contribution in [1.29, 1.82) is 5.26 Å². The van der Waals surface area contributed by atoms with Crippen LogP contribution >= 0.6 is 0 Å². The van der Waals surface area contributed by atoms with Gasteiger partial charge in [-0.3, -0.25) is 4.79 Å². The molecule has 0 saturated heterocycles. The van der Waals surface area contributed by atoms with Crippen molar-refractivity contribution in [1.82, 2.24) is 4.98 Å². The highest BCUT2D eigenvalue weighted by Gasteiger charge is 2.08. The predicted octanol–water partition coefficient (Wildman–Crippen LogP) is 3.41. The van der Waals surface area contributed by atoms with Gasteiger partial charge in [0.1, 0.15) is 11.8 Å². The Morgan fingerprint density at radius 1 is 1.12 bits per heavy atom. The zero-order valence-corrected chi connectivity index (χ0v) is 12.7. The standard InChI is InChI=1S/C18H14N4O2/c19-10-15-7-8-16(12-21-15)20-11-13-3-5-14(6-4-13)22-18(23)17-2-1-9-24-17/h1-9,12,20H,11H2,(H,22,23). The summed E-state index contributed by atoms with van der Waals surface area (Å²) >= 11 is 0. The molecule has 0 aliphatic rings. The Hall–Kier alpha value is -3.59. The molecule has 2 aromatic heterocycles. The largest absolute Gasteiger partial charge is 0.459 e. The Balaban J connectivity index is 1.56. The molecule has 3 rings (SSSR count). The van der Waals surface area contributed by atoms with Gasteiger partial charge in [-0.15, -0.1) is 0 Å². The van der Waals surface area contributed by atoms with E-state index in [1.807, 2.05) is 36.4 Å². The molecule has 24 heavy (non-hydrogen) atoms. The molecule has 0 bridgehead atoms. The number of aromatic nitrogens is 1. The Bertz CT molecular complexity index is 848. The number of hydrogen-bond acceptors (Lipinski definition) is 5. The van der Waals surface area contributed by atoms with E-state index in [0.717, 1.165) is 11.3 Å². The molecule has 6 nitrogen and oxygen atoms in total. The van der Waals surface area contributed by atoms with E-state index in [-0.39, 0.29) is 11.7 Å². The smallest absolute Gasteiger partial charge is 0.291 e. The topological polar surface area (TPSA) is 91.0 Å². The lowest BCUT2D eigenvalue weighted by molar-refractivity contribution is 0.0996. The van der Waals surface area contributed by atoms with E-state index in [0.29, 0.717) is 17.9 Å². The van der Waals surface area contributed by atoms with Crippen molar-refractivity contribution >= 4 is 17.3 Å². The minimum absolute atomic E-state index is 0.272. The lowest BCUT2D eigenvalue weighted by Crippen LogP contribution is -2.10. The average Bonchev–Trinajstić information content (AvgIpc) is 3.16. The second kappa shape index (κ2) is 7.11. The zero-order valence-electron chi connectivity index (χ0n) is 12.7.